The van der Waals surface area contributed by atoms with Crippen molar-refractivity contribution in [3.05, 3.63) is 28.8 Å². The van der Waals surface area contributed by atoms with E-state index < -0.39 is 18.0 Å². The molecule has 0 saturated carbocycles. The number of aliphatic hydroxyl groups is 1. The predicted octanol–water partition coefficient (Wildman–Crippen LogP) is 2.31. The van der Waals surface area contributed by atoms with Crippen molar-refractivity contribution < 1.29 is 19.4 Å². The molecule has 21 heavy (non-hydrogen) atoms. The van der Waals surface area contributed by atoms with Gasteiger partial charge in [0.15, 0.2) is 0 Å². The lowest BCUT2D eigenvalue weighted by Crippen LogP contribution is -2.44. The molecule has 1 amide bonds. The van der Waals surface area contributed by atoms with Gasteiger partial charge in [0.2, 0.25) is 5.91 Å². The molecule has 1 aliphatic heterocycles. The summed E-state index contributed by atoms with van der Waals surface area (Å²) in [7, 11) is 0. The lowest BCUT2D eigenvalue weighted by Gasteiger charge is -2.36. The van der Waals surface area contributed by atoms with Crippen LogP contribution in [0.15, 0.2) is 18.2 Å². The van der Waals surface area contributed by atoms with Crippen LogP contribution in [0.4, 0.5) is 5.69 Å². The molecule has 0 bridgehead atoms. The summed E-state index contributed by atoms with van der Waals surface area (Å²) in [6.07, 6.45) is -1.16. The average molecular weight is 312 g/mol. The Morgan fingerprint density at radius 1 is 1.43 bits per heavy atom. The van der Waals surface area contributed by atoms with Crippen LogP contribution in [0.1, 0.15) is 31.9 Å². The van der Waals surface area contributed by atoms with Crippen molar-refractivity contribution in [2.45, 2.75) is 26.4 Å². The number of benzene rings is 1. The van der Waals surface area contributed by atoms with E-state index in [0.717, 1.165) is 0 Å². The fourth-order valence-electron chi connectivity index (χ4n) is 2.60. The number of carbonyl (C=O) groups excluding carboxylic acids is 2. The molecule has 114 valence electrons. The fourth-order valence-corrected chi connectivity index (χ4v) is 2.76. The summed E-state index contributed by atoms with van der Waals surface area (Å²) in [6, 6.07) is 5.01. The third-order valence-corrected chi connectivity index (χ3v) is 3.81. The largest absolute Gasteiger partial charge is 0.466 e. The highest BCUT2D eigenvalue weighted by molar-refractivity contribution is 6.31. The summed E-state index contributed by atoms with van der Waals surface area (Å²) >= 11 is 5.96. The summed E-state index contributed by atoms with van der Waals surface area (Å²) < 4.78 is 4.88. The van der Waals surface area contributed by atoms with Crippen molar-refractivity contribution >= 4 is 29.2 Å². The normalized spacial score (nSPS) is 21.1. The van der Waals surface area contributed by atoms with Crippen LogP contribution in [0.25, 0.3) is 0 Å². The van der Waals surface area contributed by atoms with Gasteiger partial charge in [0.1, 0.15) is 0 Å². The Bertz CT molecular complexity index is 561. The van der Waals surface area contributed by atoms with Gasteiger partial charge in [-0.1, -0.05) is 17.7 Å². The molecule has 1 aromatic rings. The number of halogens is 1. The van der Waals surface area contributed by atoms with E-state index in [-0.39, 0.29) is 18.9 Å². The monoisotopic (exact) mass is 311 g/mol. The van der Waals surface area contributed by atoms with Gasteiger partial charge in [-0.25, -0.2) is 0 Å². The molecule has 1 aromatic carbocycles. The van der Waals surface area contributed by atoms with E-state index in [0.29, 0.717) is 22.8 Å². The zero-order valence-electron chi connectivity index (χ0n) is 12.0. The molecule has 0 fully saturated rings. The maximum atomic E-state index is 12.5. The van der Waals surface area contributed by atoms with E-state index >= 15 is 0 Å². The number of amides is 1. The van der Waals surface area contributed by atoms with Gasteiger partial charge >= 0.3 is 5.97 Å². The predicted molar refractivity (Wildman–Crippen MR) is 79.2 cm³/mol. The molecule has 0 aromatic heterocycles. The fraction of sp³-hybridized carbons (Fsp3) is 0.467. The highest BCUT2D eigenvalue weighted by atomic mass is 35.5. The molecule has 2 rings (SSSR count). The highest BCUT2D eigenvalue weighted by Gasteiger charge is 2.40. The summed E-state index contributed by atoms with van der Waals surface area (Å²) in [5.41, 5.74) is 1.21. The molecular formula is C15H18ClNO4. The van der Waals surface area contributed by atoms with Crippen LogP contribution in [0.2, 0.25) is 5.02 Å². The molecule has 0 radical (unpaired) electrons. The van der Waals surface area contributed by atoms with Crippen molar-refractivity contribution in [3.63, 3.8) is 0 Å². The molecule has 5 nitrogen and oxygen atoms in total. The van der Waals surface area contributed by atoms with Crippen molar-refractivity contribution in [2.24, 2.45) is 5.92 Å². The number of carbonyl (C=O) groups is 2. The number of nitrogens with zero attached hydrogens (tertiary/aromatic N) is 1. The van der Waals surface area contributed by atoms with Gasteiger partial charge in [-0.3, -0.25) is 9.59 Å². The second-order valence-electron chi connectivity index (χ2n) is 4.85. The number of fused-ring (bicyclic) bond motifs is 1. The molecule has 0 aliphatic carbocycles. The van der Waals surface area contributed by atoms with Crippen LogP contribution < -0.4 is 4.90 Å². The second kappa shape index (κ2) is 6.45. The minimum Gasteiger partial charge on any atom is -0.466 e. The minimum atomic E-state index is -1.03. The Hall–Kier alpha value is -1.59. The third kappa shape index (κ3) is 3.04. The Kier molecular flexibility index (Phi) is 4.85. The summed E-state index contributed by atoms with van der Waals surface area (Å²) in [6.45, 7) is 4.23. The maximum absolute atomic E-state index is 12.5. The molecule has 1 aliphatic rings. The van der Waals surface area contributed by atoms with Crippen molar-refractivity contribution in [1.82, 2.24) is 0 Å². The number of anilines is 1. The lowest BCUT2D eigenvalue weighted by molar-refractivity contribution is -0.148. The summed E-state index contributed by atoms with van der Waals surface area (Å²) in [5.74, 6) is -1.59. The first kappa shape index (κ1) is 15.8. The molecule has 0 saturated heterocycles. The number of rotatable bonds is 4. The van der Waals surface area contributed by atoms with Crippen molar-refractivity contribution in [1.29, 1.82) is 0 Å². The standard InChI is InChI=1S/C15H18ClNO4/c1-3-17-12-7-9(16)5-6-10(12)14(19)11(15(17)20)8-13(18)21-4-2/h5-7,11,14,19H,3-4,8H2,1-2H3. The van der Waals surface area contributed by atoms with E-state index in [2.05, 4.69) is 0 Å². The molecular weight excluding hydrogens is 294 g/mol. The summed E-state index contributed by atoms with van der Waals surface area (Å²) in [5, 5.41) is 10.9. The average Bonchev–Trinajstić information content (AvgIpc) is 2.44. The summed E-state index contributed by atoms with van der Waals surface area (Å²) in [4.78, 5) is 25.7. The number of ether oxygens (including phenoxy) is 1. The third-order valence-electron chi connectivity index (χ3n) is 3.57. The van der Waals surface area contributed by atoms with Gasteiger partial charge in [0.25, 0.3) is 0 Å². The first-order valence-corrected chi connectivity index (χ1v) is 7.31. The zero-order chi connectivity index (χ0) is 15.6. The SMILES string of the molecule is CCOC(=O)CC1C(=O)N(CC)c2cc(Cl)ccc2C1O. The number of aliphatic hydroxyl groups excluding tert-OH is 1. The van der Waals surface area contributed by atoms with E-state index in [1.807, 2.05) is 6.92 Å². The Labute approximate surface area is 128 Å². The van der Waals surface area contributed by atoms with E-state index in [1.54, 1.807) is 25.1 Å². The topological polar surface area (TPSA) is 66.8 Å². The van der Waals surface area contributed by atoms with Crippen LogP contribution in [0.3, 0.4) is 0 Å². The van der Waals surface area contributed by atoms with E-state index in [9.17, 15) is 14.7 Å². The molecule has 2 atom stereocenters. The van der Waals surface area contributed by atoms with Crippen molar-refractivity contribution in [2.75, 3.05) is 18.1 Å². The van der Waals surface area contributed by atoms with E-state index in [1.165, 1.54) is 4.90 Å². The highest BCUT2D eigenvalue weighted by Crippen LogP contribution is 2.40. The first-order valence-electron chi connectivity index (χ1n) is 6.94. The molecule has 1 heterocycles. The first-order chi connectivity index (χ1) is 9.99. The van der Waals surface area contributed by atoms with Crippen molar-refractivity contribution in [3.8, 4) is 0 Å². The molecule has 1 N–H and O–H groups in total. The van der Waals surface area contributed by atoms with Crippen LogP contribution in [0, 0.1) is 5.92 Å². The van der Waals surface area contributed by atoms with Gasteiger partial charge in [0.05, 0.1) is 30.7 Å². The number of esters is 1. The molecule has 2 unspecified atom stereocenters. The Morgan fingerprint density at radius 3 is 2.76 bits per heavy atom. The van der Waals surface area contributed by atoms with Gasteiger partial charge < -0.3 is 14.7 Å². The quantitative estimate of drug-likeness (QED) is 0.867. The van der Waals surface area contributed by atoms with Crippen LogP contribution in [-0.4, -0.2) is 30.1 Å². The van der Waals surface area contributed by atoms with Gasteiger partial charge in [-0.15, -0.1) is 0 Å². The van der Waals surface area contributed by atoms with Gasteiger partial charge in [0, 0.05) is 17.1 Å². The van der Waals surface area contributed by atoms with Gasteiger partial charge in [-0.05, 0) is 26.0 Å². The number of hydrogen-bond donors (Lipinski definition) is 1. The molecule has 0 spiro atoms. The van der Waals surface area contributed by atoms with Gasteiger partial charge in [-0.2, -0.15) is 0 Å². The smallest absolute Gasteiger partial charge is 0.306 e. The zero-order valence-corrected chi connectivity index (χ0v) is 12.8. The van der Waals surface area contributed by atoms with Crippen LogP contribution in [-0.2, 0) is 14.3 Å². The molecule has 6 heteroatoms. The van der Waals surface area contributed by atoms with Crippen LogP contribution >= 0.6 is 11.6 Å². The second-order valence-corrected chi connectivity index (χ2v) is 5.28. The Balaban J connectivity index is 2.36. The maximum Gasteiger partial charge on any atom is 0.306 e. The van der Waals surface area contributed by atoms with E-state index in [4.69, 9.17) is 16.3 Å². The lowest BCUT2D eigenvalue weighted by atomic mass is 9.86. The minimum absolute atomic E-state index is 0.133. The Morgan fingerprint density at radius 2 is 2.14 bits per heavy atom. The number of hydrogen-bond acceptors (Lipinski definition) is 4. The van der Waals surface area contributed by atoms with Crippen LogP contribution in [0.5, 0.6) is 0 Å².